The van der Waals surface area contributed by atoms with Crippen LogP contribution in [-0.2, 0) is 19.6 Å². The molecule has 0 saturated carbocycles. The van der Waals surface area contributed by atoms with Gasteiger partial charge in [0, 0.05) is 11.0 Å². The van der Waals surface area contributed by atoms with Crippen LogP contribution in [0.3, 0.4) is 0 Å². The molecule has 1 aromatic carbocycles. The lowest BCUT2D eigenvalue weighted by molar-refractivity contribution is -0.144. The lowest BCUT2D eigenvalue weighted by atomic mass is 10.2. The van der Waals surface area contributed by atoms with Crippen LogP contribution in [0.15, 0.2) is 33.6 Å². The molecule has 5 nitrogen and oxygen atoms in total. The molecule has 104 valence electrons. The van der Waals surface area contributed by atoms with Gasteiger partial charge in [-0.05, 0) is 40.9 Å². The average molecular weight is 348 g/mol. The minimum Gasteiger partial charge on any atom is -0.468 e. The monoisotopic (exact) mass is 347 g/mol. The second-order valence-corrected chi connectivity index (χ2v) is 6.94. The fourth-order valence-corrected chi connectivity index (χ4v) is 4.79. The van der Waals surface area contributed by atoms with Crippen molar-refractivity contribution in [3.05, 3.63) is 28.7 Å². The van der Waals surface area contributed by atoms with Crippen LogP contribution in [0.1, 0.15) is 12.8 Å². The van der Waals surface area contributed by atoms with E-state index in [2.05, 4.69) is 20.7 Å². The number of benzene rings is 1. The Bertz CT molecular complexity index is 587. The van der Waals surface area contributed by atoms with Crippen LogP contribution >= 0.6 is 15.9 Å². The van der Waals surface area contributed by atoms with Crippen LogP contribution in [-0.4, -0.2) is 38.4 Å². The van der Waals surface area contributed by atoms with Gasteiger partial charge >= 0.3 is 5.97 Å². The van der Waals surface area contributed by atoms with Crippen molar-refractivity contribution in [1.82, 2.24) is 4.31 Å². The fourth-order valence-electron chi connectivity index (χ4n) is 2.18. The van der Waals surface area contributed by atoms with E-state index in [4.69, 9.17) is 0 Å². The zero-order chi connectivity index (χ0) is 14.0. The smallest absolute Gasteiger partial charge is 0.324 e. The molecule has 19 heavy (non-hydrogen) atoms. The third kappa shape index (κ3) is 2.68. The Morgan fingerprint density at radius 3 is 2.74 bits per heavy atom. The van der Waals surface area contributed by atoms with E-state index in [1.807, 2.05) is 0 Å². The lowest BCUT2D eigenvalue weighted by Crippen LogP contribution is -2.41. The maximum Gasteiger partial charge on any atom is 0.324 e. The van der Waals surface area contributed by atoms with E-state index in [9.17, 15) is 13.2 Å². The Morgan fingerprint density at radius 2 is 2.11 bits per heavy atom. The van der Waals surface area contributed by atoms with Gasteiger partial charge in [0.25, 0.3) is 0 Å². The van der Waals surface area contributed by atoms with Crippen molar-refractivity contribution in [2.75, 3.05) is 13.7 Å². The zero-order valence-corrected chi connectivity index (χ0v) is 12.8. The van der Waals surface area contributed by atoms with E-state index >= 15 is 0 Å². The molecule has 1 aromatic rings. The van der Waals surface area contributed by atoms with E-state index in [0.29, 0.717) is 23.9 Å². The van der Waals surface area contributed by atoms with Crippen molar-refractivity contribution in [3.8, 4) is 0 Å². The molecule has 1 heterocycles. The molecule has 1 aliphatic rings. The van der Waals surface area contributed by atoms with Gasteiger partial charge in [0.2, 0.25) is 10.0 Å². The molecule has 1 fully saturated rings. The minimum absolute atomic E-state index is 0.172. The number of hydrogen-bond donors (Lipinski definition) is 0. The van der Waals surface area contributed by atoms with Crippen LogP contribution in [0.2, 0.25) is 0 Å². The minimum atomic E-state index is -3.69. The molecule has 1 unspecified atom stereocenters. The first-order valence-corrected chi connectivity index (χ1v) is 8.06. The summed E-state index contributed by atoms with van der Waals surface area (Å²) in [6.07, 6.45) is 1.15. The summed E-state index contributed by atoms with van der Waals surface area (Å²) in [5.41, 5.74) is 0. The van der Waals surface area contributed by atoms with E-state index in [1.54, 1.807) is 18.2 Å². The molecule has 1 aliphatic heterocycles. The molecular formula is C12H14BrNO4S. The number of methoxy groups -OCH3 is 1. The topological polar surface area (TPSA) is 63.7 Å². The third-order valence-corrected chi connectivity index (χ3v) is 6.02. The van der Waals surface area contributed by atoms with Gasteiger partial charge in [-0.25, -0.2) is 8.42 Å². The van der Waals surface area contributed by atoms with Gasteiger partial charge in [-0.2, -0.15) is 4.31 Å². The van der Waals surface area contributed by atoms with Gasteiger partial charge in [-0.15, -0.1) is 0 Å². The largest absolute Gasteiger partial charge is 0.468 e. The molecule has 0 spiro atoms. The number of esters is 1. The summed E-state index contributed by atoms with van der Waals surface area (Å²) in [5, 5.41) is 0. The summed E-state index contributed by atoms with van der Waals surface area (Å²) in [6.45, 7) is 0.337. The number of ether oxygens (including phenoxy) is 1. The Morgan fingerprint density at radius 1 is 1.42 bits per heavy atom. The second-order valence-electron chi connectivity index (χ2n) is 4.23. The SMILES string of the molecule is COC(=O)C1CCCN1S(=O)(=O)c1ccccc1Br. The number of rotatable bonds is 3. The number of carbonyl (C=O) groups excluding carboxylic acids is 1. The number of nitrogens with zero attached hydrogens (tertiary/aromatic N) is 1. The van der Waals surface area contributed by atoms with Gasteiger partial charge in [-0.3, -0.25) is 4.79 Å². The van der Waals surface area contributed by atoms with E-state index in [0.717, 1.165) is 0 Å². The Balaban J connectivity index is 2.40. The molecule has 2 rings (SSSR count). The standard InChI is InChI=1S/C12H14BrNO4S/c1-18-12(15)10-6-4-8-14(10)19(16,17)11-7-3-2-5-9(11)13/h2-3,5,7,10H,4,6,8H2,1H3. The van der Waals surface area contributed by atoms with Crippen molar-refractivity contribution in [2.24, 2.45) is 0 Å². The van der Waals surface area contributed by atoms with E-state index in [-0.39, 0.29) is 4.90 Å². The van der Waals surface area contributed by atoms with Gasteiger partial charge in [-0.1, -0.05) is 12.1 Å². The van der Waals surface area contributed by atoms with Crippen molar-refractivity contribution in [3.63, 3.8) is 0 Å². The molecule has 0 N–H and O–H groups in total. The van der Waals surface area contributed by atoms with Crippen LogP contribution in [0.25, 0.3) is 0 Å². The van der Waals surface area contributed by atoms with Gasteiger partial charge in [0.1, 0.15) is 6.04 Å². The molecule has 1 atom stereocenters. The molecule has 7 heteroatoms. The summed E-state index contributed by atoms with van der Waals surface area (Å²) >= 11 is 3.23. The van der Waals surface area contributed by atoms with Crippen LogP contribution in [0.5, 0.6) is 0 Å². The highest BCUT2D eigenvalue weighted by Gasteiger charge is 2.40. The summed E-state index contributed by atoms with van der Waals surface area (Å²) < 4.78 is 31.5. The van der Waals surface area contributed by atoms with E-state index in [1.165, 1.54) is 17.5 Å². The van der Waals surface area contributed by atoms with Crippen LogP contribution in [0, 0.1) is 0 Å². The second kappa shape index (κ2) is 5.60. The Labute approximate surface area is 120 Å². The van der Waals surface area contributed by atoms with Crippen molar-refractivity contribution < 1.29 is 17.9 Å². The number of sulfonamides is 1. The van der Waals surface area contributed by atoms with Gasteiger partial charge in [0.15, 0.2) is 0 Å². The molecule has 0 bridgehead atoms. The van der Waals surface area contributed by atoms with Crippen molar-refractivity contribution >= 4 is 31.9 Å². The third-order valence-electron chi connectivity index (χ3n) is 3.10. The summed E-state index contributed by atoms with van der Waals surface area (Å²) in [4.78, 5) is 11.8. The van der Waals surface area contributed by atoms with Crippen LogP contribution < -0.4 is 0 Å². The first-order valence-electron chi connectivity index (χ1n) is 5.82. The highest BCUT2D eigenvalue weighted by Crippen LogP contribution is 2.30. The average Bonchev–Trinajstić information content (AvgIpc) is 2.88. The van der Waals surface area contributed by atoms with Crippen molar-refractivity contribution in [2.45, 2.75) is 23.8 Å². The Hall–Kier alpha value is -0.920. The molecule has 1 saturated heterocycles. The first-order chi connectivity index (χ1) is 8.98. The predicted octanol–water partition coefficient (Wildman–Crippen LogP) is 1.78. The number of carbonyl (C=O) groups is 1. The van der Waals surface area contributed by atoms with Gasteiger partial charge in [0.05, 0.1) is 12.0 Å². The van der Waals surface area contributed by atoms with Crippen LogP contribution in [0.4, 0.5) is 0 Å². The predicted molar refractivity (Wildman–Crippen MR) is 73.1 cm³/mol. The fraction of sp³-hybridized carbons (Fsp3) is 0.417. The van der Waals surface area contributed by atoms with E-state index < -0.39 is 22.0 Å². The van der Waals surface area contributed by atoms with Gasteiger partial charge < -0.3 is 4.74 Å². The molecule has 0 aliphatic carbocycles. The molecular weight excluding hydrogens is 334 g/mol. The molecule has 0 aromatic heterocycles. The summed E-state index contributed by atoms with van der Waals surface area (Å²) in [7, 11) is -2.42. The molecule has 0 radical (unpaired) electrons. The van der Waals surface area contributed by atoms with Crippen molar-refractivity contribution in [1.29, 1.82) is 0 Å². The number of hydrogen-bond acceptors (Lipinski definition) is 4. The highest BCUT2D eigenvalue weighted by molar-refractivity contribution is 9.10. The highest BCUT2D eigenvalue weighted by atomic mass is 79.9. The zero-order valence-electron chi connectivity index (χ0n) is 10.4. The lowest BCUT2D eigenvalue weighted by Gasteiger charge is -2.22. The summed E-state index contributed by atoms with van der Waals surface area (Å²) in [6, 6.07) is 5.86. The quantitative estimate of drug-likeness (QED) is 0.781. The maximum atomic E-state index is 12.6. The summed E-state index contributed by atoms with van der Waals surface area (Å²) in [5.74, 6) is -0.506. The Kier molecular flexibility index (Phi) is 4.27. The number of halogens is 1. The normalized spacial score (nSPS) is 20.4. The maximum absolute atomic E-state index is 12.6. The molecule has 0 amide bonds. The first kappa shape index (κ1) is 14.5.